The number of rotatable bonds is 5. The predicted octanol–water partition coefficient (Wildman–Crippen LogP) is 6.00. The van der Waals surface area contributed by atoms with E-state index in [1.165, 1.54) is 18.0 Å². The summed E-state index contributed by atoms with van der Waals surface area (Å²) in [6.45, 7) is 0. The Morgan fingerprint density at radius 3 is 2.43 bits per heavy atom. The van der Waals surface area contributed by atoms with Crippen molar-refractivity contribution < 1.29 is 13.2 Å². The van der Waals surface area contributed by atoms with Gasteiger partial charge >= 0.3 is 6.18 Å². The monoisotopic (exact) mass is 448 g/mol. The summed E-state index contributed by atoms with van der Waals surface area (Å²) in [5, 5.41) is 7.99. The molecule has 30 heavy (non-hydrogen) atoms. The number of hydrogen-bond acceptors (Lipinski definition) is 4. The van der Waals surface area contributed by atoms with Crippen LogP contribution >= 0.6 is 23.4 Å². The Labute approximate surface area is 180 Å². The maximum atomic E-state index is 13.0. The van der Waals surface area contributed by atoms with Crippen LogP contribution in [0.25, 0.3) is 11.3 Å². The number of hydrogen-bond donors (Lipinski definition) is 1. The van der Waals surface area contributed by atoms with Gasteiger partial charge in [-0.3, -0.25) is 0 Å². The number of nitrogens with zero attached hydrogens (tertiary/aromatic N) is 3. The third-order valence-corrected chi connectivity index (χ3v) is 4.97. The van der Waals surface area contributed by atoms with E-state index in [2.05, 4.69) is 15.2 Å². The van der Waals surface area contributed by atoms with Gasteiger partial charge in [0.2, 0.25) is 0 Å². The van der Waals surface area contributed by atoms with Crippen LogP contribution in [0.3, 0.4) is 0 Å². The molecule has 9 heteroatoms. The molecule has 0 aliphatic carbocycles. The van der Waals surface area contributed by atoms with Crippen molar-refractivity contribution >= 4 is 34.7 Å². The quantitative estimate of drug-likeness (QED) is 0.225. The number of pyridine rings is 1. The van der Waals surface area contributed by atoms with E-state index in [0.29, 0.717) is 22.0 Å². The number of alkyl halides is 3. The third-order valence-electron chi connectivity index (χ3n) is 3.92. The van der Waals surface area contributed by atoms with Crippen LogP contribution in [0.5, 0.6) is 0 Å². The number of nitrogens with two attached hydrogens (primary N) is 1. The first-order valence-corrected chi connectivity index (χ1v) is 10.1. The van der Waals surface area contributed by atoms with Crippen LogP contribution < -0.4 is 5.73 Å². The van der Waals surface area contributed by atoms with Gasteiger partial charge in [0.15, 0.2) is 5.17 Å². The second-order valence-electron chi connectivity index (χ2n) is 6.14. The van der Waals surface area contributed by atoms with Gasteiger partial charge in [0.05, 0.1) is 17.5 Å². The minimum atomic E-state index is -4.50. The second-order valence-corrected chi connectivity index (χ2v) is 7.52. The van der Waals surface area contributed by atoms with Crippen LogP contribution in [-0.4, -0.2) is 16.4 Å². The fourth-order valence-corrected chi connectivity index (χ4v) is 3.28. The Balaban J connectivity index is 1.65. The third kappa shape index (κ3) is 6.33. The van der Waals surface area contributed by atoms with Crippen molar-refractivity contribution in [3.05, 3.63) is 88.6 Å². The molecule has 3 aromatic rings. The Hall–Kier alpha value is -2.84. The molecule has 0 bridgehead atoms. The number of benzene rings is 2. The molecular formula is C21H16ClF3N4S. The lowest BCUT2D eigenvalue weighted by atomic mass is 10.1. The van der Waals surface area contributed by atoms with E-state index < -0.39 is 11.7 Å². The Morgan fingerprint density at radius 2 is 1.77 bits per heavy atom. The molecule has 0 saturated heterocycles. The van der Waals surface area contributed by atoms with Gasteiger partial charge in [-0.15, -0.1) is 5.10 Å². The summed E-state index contributed by atoms with van der Waals surface area (Å²) in [4.78, 5) is 3.97. The highest BCUT2D eigenvalue weighted by Gasteiger charge is 2.31. The molecule has 3 rings (SSSR count). The number of thioether (sulfide) groups is 1. The zero-order chi connectivity index (χ0) is 21.6. The summed E-state index contributed by atoms with van der Waals surface area (Å²) in [6.07, 6.45) is -2.99. The smallest absolute Gasteiger partial charge is 0.377 e. The Bertz CT molecular complexity index is 1050. The minimum absolute atomic E-state index is 0.137. The molecule has 0 spiro atoms. The Kier molecular flexibility index (Phi) is 7.12. The van der Waals surface area contributed by atoms with Crippen molar-refractivity contribution in [2.24, 2.45) is 15.9 Å². The van der Waals surface area contributed by atoms with Gasteiger partial charge in [-0.05, 0) is 23.3 Å². The molecule has 2 N–H and O–H groups in total. The molecule has 0 aliphatic rings. The normalized spacial score (nSPS) is 12.5. The summed E-state index contributed by atoms with van der Waals surface area (Å²) < 4.78 is 38.9. The lowest BCUT2D eigenvalue weighted by molar-refractivity contribution is -0.137. The molecule has 0 amide bonds. The van der Waals surface area contributed by atoms with Crippen LogP contribution in [0.1, 0.15) is 16.7 Å². The molecule has 1 aromatic heterocycles. The summed E-state index contributed by atoms with van der Waals surface area (Å²) in [6, 6.07) is 18.3. The van der Waals surface area contributed by atoms with E-state index in [4.69, 9.17) is 17.3 Å². The van der Waals surface area contributed by atoms with E-state index in [9.17, 15) is 13.2 Å². The lowest BCUT2D eigenvalue weighted by Gasteiger charge is -2.09. The molecule has 154 valence electrons. The molecule has 0 atom stereocenters. The molecular weight excluding hydrogens is 433 g/mol. The van der Waals surface area contributed by atoms with Gasteiger partial charge in [0.1, 0.15) is 5.15 Å². The van der Waals surface area contributed by atoms with Crippen molar-refractivity contribution in [3.63, 3.8) is 0 Å². The molecule has 0 fully saturated rings. The van der Waals surface area contributed by atoms with E-state index in [-0.39, 0.29) is 10.8 Å². The summed E-state index contributed by atoms with van der Waals surface area (Å²) in [7, 11) is 0. The predicted molar refractivity (Wildman–Crippen MR) is 117 cm³/mol. The number of aromatic nitrogens is 1. The van der Waals surface area contributed by atoms with Crippen molar-refractivity contribution in [3.8, 4) is 11.3 Å². The first kappa shape index (κ1) is 21.9. The van der Waals surface area contributed by atoms with Crippen molar-refractivity contribution in [1.82, 2.24) is 4.98 Å². The van der Waals surface area contributed by atoms with Gasteiger partial charge in [0.25, 0.3) is 0 Å². The molecule has 0 radical (unpaired) electrons. The minimum Gasteiger partial charge on any atom is -0.377 e. The van der Waals surface area contributed by atoms with E-state index >= 15 is 0 Å². The summed E-state index contributed by atoms with van der Waals surface area (Å²) >= 11 is 7.11. The highest BCUT2D eigenvalue weighted by atomic mass is 35.5. The number of amidine groups is 1. The van der Waals surface area contributed by atoms with Gasteiger partial charge in [0, 0.05) is 11.3 Å². The van der Waals surface area contributed by atoms with E-state index in [1.807, 2.05) is 30.3 Å². The average molecular weight is 449 g/mol. The first-order chi connectivity index (χ1) is 14.3. The lowest BCUT2D eigenvalue weighted by Crippen LogP contribution is -2.06. The van der Waals surface area contributed by atoms with Gasteiger partial charge in [-0.1, -0.05) is 78.0 Å². The Morgan fingerprint density at radius 1 is 1.07 bits per heavy atom. The van der Waals surface area contributed by atoms with E-state index in [0.717, 1.165) is 17.7 Å². The summed E-state index contributed by atoms with van der Waals surface area (Å²) in [5.74, 6) is 0.687. The SMILES string of the molecule is NC(=NN=Cc1ccc(-c2cc(C(F)(F)F)cc(Cl)n2)cc1)SCc1ccccc1. The molecule has 0 unspecified atom stereocenters. The van der Waals surface area contributed by atoms with Gasteiger partial charge in [-0.25, -0.2) is 4.98 Å². The molecule has 0 saturated carbocycles. The molecule has 0 aliphatic heterocycles. The molecule has 4 nitrogen and oxygen atoms in total. The van der Waals surface area contributed by atoms with Crippen LogP contribution in [-0.2, 0) is 11.9 Å². The fraction of sp³-hybridized carbons (Fsp3) is 0.0952. The van der Waals surface area contributed by atoms with Crippen LogP contribution in [0, 0.1) is 0 Å². The van der Waals surface area contributed by atoms with Gasteiger partial charge < -0.3 is 5.73 Å². The number of halogens is 4. The van der Waals surface area contributed by atoms with Gasteiger partial charge in [-0.2, -0.15) is 18.3 Å². The second kappa shape index (κ2) is 9.77. The summed E-state index contributed by atoms with van der Waals surface area (Å²) in [5.41, 5.74) is 7.47. The van der Waals surface area contributed by atoms with Crippen LogP contribution in [0.2, 0.25) is 5.15 Å². The van der Waals surface area contributed by atoms with Crippen molar-refractivity contribution in [2.75, 3.05) is 0 Å². The first-order valence-electron chi connectivity index (χ1n) is 8.70. The largest absolute Gasteiger partial charge is 0.416 e. The van der Waals surface area contributed by atoms with Crippen molar-refractivity contribution in [2.45, 2.75) is 11.9 Å². The maximum Gasteiger partial charge on any atom is 0.416 e. The average Bonchev–Trinajstić information content (AvgIpc) is 2.72. The fourth-order valence-electron chi connectivity index (χ4n) is 2.46. The standard InChI is InChI=1S/C21H16ClF3N4S/c22-19-11-17(21(23,24)25)10-18(28-19)16-8-6-14(7-9-16)12-27-29-20(26)30-13-15-4-2-1-3-5-15/h1-12H,13H2,(H2,26,29). The zero-order valence-corrected chi connectivity index (χ0v) is 17.0. The molecule has 1 heterocycles. The van der Waals surface area contributed by atoms with Crippen molar-refractivity contribution in [1.29, 1.82) is 0 Å². The highest BCUT2D eigenvalue weighted by molar-refractivity contribution is 8.13. The van der Waals surface area contributed by atoms with Crippen LogP contribution in [0.15, 0.2) is 76.9 Å². The molecule has 2 aromatic carbocycles. The van der Waals surface area contributed by atoms with Crippen LogP contribution in [0.4, 0.5) is 13.2 Å². The topological polar surface area (TPSA) is 63.6 Å². The zero-order valence-electron chi connectivity index (χ0n) is 15.5. The highest BCUT2D eigenvalue weighted by Crippen LogP contribution is 2.33. The van der Waals surface area contributed by atoms with E-state index in [1.54, 1.807) is 24.3 Å². The maximum absolute atomic E-state index is 13.0.